The second-order valence-corrected chi connectivity index (χ2v) is 9.09. The quantitative estimate of drug-likeness (QED) is 0.430. The van der Waals surface area contributed by atoms with Crippen molar-refractivity contribution in [2.75, 3.05) is 39.3 Å². The number of amides is 1. The van der Waals surface area contributed by atoms with Gasteiger partial charge < -0.3 is 19.7 Å². The highest BCUT2D eigenvalue weighted by Gasteiger charge is 2.27. The van der Waals surface area contributed by atoms with Gasteiger partial charge in [-0.05, 0) is 45.3 Å². The molecule has 1 aromatic rings. The highest BCUT2D eigenvalue weighted by molar-refractivity contribution is 7.71. The molecule has 0 spiro atoms. The molecule has 1 aromatic heterocycles. The molecule has 0 atom stereocenters. The molecular formula is C21H39N5OS+2. The van der Waals surface area contributed by atoms with E-state index in [0.717, 1.165) is 57.0 Å². The Morgan fingerprint density at radius 2 is 1.75 bits per heavy atom. The van der Waals surface area contributed by atoms with Gasteiger partial charge in [-0.1, -0.05) is 26.2 Å². The van der Waals surface area contributed by atoms with E-state index < -0.39 is 0 Å². The fourth-order valence-corrected chi connectivity index (χ4v) is 5.26. The van der Waals surface area contributed by atoms with Crippen LogP contribution >= 0.6 is 12.2 Å². The summed E-state index contributed by atoms with van der Waals surface area (Å²) in [6.45, 7) is 13.3. The Morgan fingerprint density at radius 1 is 1.11 bits per heavy atom. The summed E-state index contributed by atoms with van der Waals surface area (Å²) in [6.07, 6.45) is 7.40. The summed E-state index contributed by atoms with van der Waals surface area (Å²) in [4.78, 5) is 15.1. The molecule has 3 rings (SSSR count). The van der Waals surface area contributed by atoms with Gasteiger partial charge in [0.25, 0.3) is 5.91 Å². The molecule has 1 aliphatic carbocycles. The van der Waals surface area contributed by atoms with Gasteiger partial charge in [-0.3, -0.25) is 9.36 Å². The fraction of sp³-hybridized carbons (Fsp3) is 0.810. The first kappa shape index (κ1) is 21.5. The summed E-state index contributed by atoms with van der Waals surface area (Å²) in [6, 6.07) is 0.606. The Morgan fingerprint density at radius 3 is 2.39 bits per heavy atom. The average Bonchev–Trinajstić information content (AvgIpc) is 3.27. The van der Waals surface area contributed by atoms with E-state index in [1.165, 1.54) is 42.0 Å². The van der Waals surface area contributed by atoms with E-state index in [1.54, 1.807) is 4.90 Å². The van der Waals surface area contributed by atoms with Crippen LogP contribution in [0.4, 0.5) is 0 Å². The molecule has 1 saturated heterocycles. The number of quaternary nitrogens is 2. The van der Waals surface area contributed by atoms with Crippen molar-refractivity contribution in [3.63, 3.8) is 0 Å². The van der Waals surface area contributed by atoms with Crippen molar-refractivity contribution in [2.45, 2.75) is 72.0 Å². The number of carbonyl (C=O) groups excluding carboxylic acids is 1. The van der Waals surface area contributed by atoms with Gasteiger partial charge in [0.05, 0.1) is 0 Å². The van der Waals surface area contributed by atoms with Crippen LogP contribution in [0, 0.1) is 18.6 Å². The maximum atomic E-state index is 12.1. The molecule has 7 heteroatoms. The minimum atomic E-state index is 0.203. The number of carbonyl (C=O) groups is 1. The lowest BCUT2D eigenvalue weighted by atomic mass is 10.2. The predicted molar refractivity (Wildman–Crippen MR) is 114 cm³/mol. The van der Waals surface area contributed by atoms with Crippen molar-refractivity contribution >= 4 is 18.1 Å². The first-order valence-corrected chi connectivity index (χ1v) is 11.6. The number of nitrogens with zero attached hydrogens (tertiary/aromatic N) is 2. The highest BCUT2D eigenvalue weighted by atomic mass is 32.1. The molecular weight excluding hydrogens is 370 g/mol. The summed E-state index contributed by atoms with van der Waals surface area (Å²) >= 11 is 5.89. The van der Waals surface area contributed by atoms with E-state index in [2.05, 4.69) is 35.2 Å². The summed E-state index contributed by atoms with van der Waals surface area (Å²) in [5.41, 5.74) is 2.68. The minimum Gasteiger partial charge on any atom is -0.351 e. The van der Waals surface area contributed by atoms with Crippen LogP contribution in [-0.4, -0.2) is 54.3 Å². The molecule has 0 unspecified atom stereocenters. The van der Waals surface area contributed by atoms with E-state index in [0.29, 0.717) is 12.6 Å². The maximum absolute atomic E-state index is 12.1. The zero-order valence-corrected chi connectivity index (χ0v) is 18.8. The summed E-state index contributed by atoms with van der Waals surface area (Å²) < 4.78 is 5.81. The third-order valence-corrected chi connectivity index (χ3v) is 7.14. The zero-order chi connectivity index (χ0) is 20.1. The van der Waals surface area contributed by atoms with Crippen LogP contribution in [-0.2, 0) is 11.5 Å². The Labute approximate surface area is 174 Å². The van der Waals surface area contributed by atoms with E-state index in [9.17, 15) is 4.79 Å². The van der Waals surface area contributed by atoms with Crippen LogP contribution in [0.2, 0.25) is 0 Å². The number of imidazole rings is 1. The normalized spacial score (nSPS) is 23.2. The number of piperazine rings is 1. The highest BCUT2D eigenvalue weighted by Crippen LogP contribution is 2.32. The smallest absolute Gasteiger partial charge is 0.275 e. The first-order chi connectivity index (χ1) is 13.5. The number of hydrogen-bond acceptors (Lipinski definition) is 2. The van der Waals surface area contributed by atoms with E-state index in [4.69, 9.17) is 12.2 Å². The van der Waals surface area contributed by atoms with Crippen molar-refractivity contribution < 1.29 is 14.6 Å². The van der Waals surface area contributed by atoms with Gasteiger partial charge >= 0.3 is 0 Å². The van der Waals surface area contributed by atoms with Crippen LogP contribution in [0.1, 0.15) is 62.9 Å². The molecule has 2 fully saturated rings. The fourth-order valence-electron chi connectivity index (χ4n) is 4.78. The minimum absolute atomic E-state index is 0.203. The van der Waals surface area contributed by atoms with Crippen molar-refractivity contribution in [3.05, 3.63) is 16.2 Å². The van der Waals surface area contributed by atoms with E-state index in [-0.39, 0.29) is 5.91 Å². The second-order valence-electron chi connectivity index (χ2n) is 8.73. The molecule has 2 heterocycles. The predicted octanol–water partition coefficient (Wildman–Crippen LogP) is 0.408. The van der Waals surface area contributed by atoms with E-state index >= 15 is 0 Å². The van der Waals surface area contributed by atoms with Crippen molar-refractivity contribution in [3.8, 4) is 0 Å². The monoisotopic (exact) mass is 409 g/mol. The van der Waals surface area contributed by atoms with Crippen LogP contribution in [0.25, 0.3) is 0 Å². The van der Waals surface area contributed by atoms with Crippen molar-refractivity contribution in [1.29, 1.82) is 0 Å². The van der Waals surface area contributed by atoms with Gasteiger partial charge in [0.2, 0.25) is 0 Å². The second kappa shape index (κ2) is 10.0. The van der Waals surface area contributed by atoms with Gasteiger partial charge in [0.15, 0.2) is 18.0 Å². The molecule has 1 aliphatic heterocycles. The molecule has 0 radical (unpaired) electrons. The molecule has 6 nitrogen and oxygen atoms in total. The first-order valence-electron chi connectivity index (χ1n) is 11.2. The van der Waals surface area contributed by atoms with Crippen LogP contribution < -0.4 is 15.1 Å². The summed E-state index contributed by atoms with van der Waals surface area (Å²) in [5.74, 6) is 0.203. The van der Waals surface area contributed by atoms with Crippen LogP contribution in [0.5, 0.6) is 0 Å². The van der Waals surface area contributed by atoms with Gasteiger partial charge in [-0.25, -0.2) is 0 Å². The largest absolute Gasteiger partial charge is 0.351 e. The van der Waals surface area contributed by atoms with Crippen LogP contribution in [0.3, 0.4) is 0 Å². The number of unbranched alkanes of at least 4 members (excludes halogenated alkanes) is 1. The van der Waals surface area contributed by atoms with Gasteiger partial charge in [-0.15, -0.1) is 0 Å². The summed E-state index contributed by atoms with van der Waals surface area (Å²) in [5, 5.41) is 3.05. The molecule has 3 N–H and O–H groups in total. The standard InChI is InChI=1S/C21H37N5OS/c1-4-5-10-22-20(27)15-23-11-13-24(14-12-23)16-25-17(2)18(3)26(21(25)28)19-8-6-7-9-19/h19H,4-16H2,1-3H3,(H,22,27)/p+2. The van der Waals surface area contributed by atoms with Gasteiger partial charge in [-0.2, -0.15) is 0 Å². The zero-order valence-electron chi connectivity index (χ0n) is 18.0. The molecule has 1 amide bonds. The third-order valence-electron chi connectivity index (χ3n) is 6.73. The van der Waals surface area contributed by atoms with Crippen molar-refractivity contribution in [2.24, 2.45) is 0 Å². The maximum Gasteiger partial charge on any atom is 0.275 e. The average molecular weight is 410 g/mol. The number of aromatic nitrogens is 2. The summed E-state index contributed by atoms with van der Waals surface area (Å²) in [7, 11) is 0. The number of nitrogens with one attached hydrogen (secondary N) is 3. The molecule has 2 aliphatic rings. The Kier molecular flexibility index (Phi) is 7.71. The third kappa shape index (κ3) is 5.05. The number of hydrogen-bond donors (Lipinski definition) is 3. The van der Waals surface area contributed by atoms with Crippen LogP contribution in [0.15, 0.2) is 0 Å². The van der Waals surface area contributed by atoms with Crippen molar-refractivity contribution in [1.82, 2.24) is 14.5 Å². The lowest BCUT2D eigenvalue weighted by Gasteiger charge is -2.29. The van der Waals surface area contributed by atoms with E-state index in [1.807, 2.05) is 0 Å². The molecule has 28 heavy (non-hydrogen) atoms. The topological polar surface area (TPSA) is 47.8 Å². The molecule has 0 bridgehead atoms. The lowest BCUT2D eigenvalue weighted by molar-refractivity contribution is -1.02. The SMILES string of the molecule is CCCCNC(=O)C[NH+]1CC[NH+](Cn2c(C)c(C)n(C3CCCC3)c2=S)CC1. The number of rotatable bonds is 8. The Hall–Kier alpha value is -1.18. The lowest BCUT2D eigenvalue weighted by Crippen LogP contribution is -3.28. The molecule has 158 valence electrons. The Bertz CT molecular complexity index is 711. The Balaban J connectivity index is 1.53. The molecule has 0 aromatic carbocycles. The van der Waals surface area contributed by atoms with Gasteiger partial charge in [0, 0.05) is 24.0 Å². The van der Waals surface area contributed by atoms with Gasteiger partial charge in [0.1, 0.15) is 26.2 Å². The molecule has 1 saturated carbocycles.